The molecule has 7 rings (SSSR count). The van der Waals surface area contributed by atoms with Crippen LogP contribution in [-0.2, 0) is 19.7 Å². The van der Waals surface area contributed by atoms with Crippen molar-refractivity contribution >= 4 is 5.91 Å². The molecule has 0 spiro atoms. The van der Waals surface area contributed by atoms with E-state index in [1.165, 1.54) is 12.1 Å². The summed E-state index contributed by atoms with van der Waals surface area (Å²) in [6.45, 7) is 4.02. The van der Waals surface area contributed by atoms with Gasteiger partial charge < -0.3 is 19.1 Å². The third kappa shape index (κ3) is 5.05. The van der Waals surface area contributed by atoms with Crippen LogP contribution >= 0.6 is 0 Å². The van der Waals surface area contributed by atoms with Gasteiger partial charge in [0.25, 0.3) is 5.91 Å². The summed E-state index contributed by atoms with van der Waals surface area (Å²) < 4.78 is 33.9. The number of nitrogens with zero attached hydrogens (tertiary/aromatic N) is 5. The van der Waals surface area contributed by atoms with Crippen LogP contribution in [0.3, 0.4) is 0 Å². The van der Waals surface area contributed by atoms with Crippen molar-refractivity contribution in [2.24, 2.45) is 5.92 Å². The van der Waals surface area contributed by atoms with Gasteiger partial charge in [-0.2, -0.15) is 0 Å². The molecule has 3 aromatic rings. The Balaban J connectivity index is 1.35. The Bertz CT molecular complexity index is 1310. The number of hydrogen-bond acceptors (Lipinski definition) is 7. The molecule has 3 fully saturated rings. The molecule has 4 aliphatic heterocycles. The highest BCUT2D eigenvalue weighted by molar-refractivity contribution is 5.97. The van der Waals surface area contributed by atoms with Crippen molar-refractivity contribution < 1.29 is 23.4 Å². The van der Waals surface area contributed by atoms with Crippen molar-refractivity contribution in [3.63, 3.8) is 0 Å². The molecule has 3 saturated heterocycles. The van der Waals surface area contributed by atoms with E-state index in [9.17, 15) is 9.18 Å². The molecular formula is C28H32FN5O4. The molecule has 3 atom stereocenters. The maximum atomic E-state index is 14.3. The number of carbonyl (C=O) groups excluding carboxylic acids is 1. The summed E-state index contributed by atoms with van der Waals surface area (Å²) in [4.78, 5) is 18.0. The first-order valence-corrected chi connectivity index (χ1v) is 13.2. The molecule has 0 saturated carbocycles. The second kappa shape index (κ2) is 10.6. The first kappa shape index (κ1) is 24.7. The Kier molecular flexibility index (Phi) is 6.88. The standard InChI is InChI=1S/C28H32FN5O4/c1-36-26-5-2-4-20-15-32-13-19-6-8-23(32)17-33(14-19)28(35)24-12-21(29)7-9-25(24)37-11-3-10-34-16-22(30-31-34)18-38-27(20)26/h2,4-5,7,9,12,16,19,23H,3,6,8,10-11,13-15,17-18H2,1H3/t19-,23-/m0/s1. The Morgan fingerprint density at radius 3 is 2.92 bits per heavy atom. The van der Waals surface area contributed by atoms with Crippen molar-refractivity contribution in [1.29, 1.82) is 0 Å². The van der Waals surface area contributed by atoms with E-state index in [1.807, 2.05) is 23.2 Å². The van der Waals surface area contributed by atoms with Gasteiger partial charge in [-0.25, -0.2) is 4.39 Å². The molecule has 0 N–H and O–H groups in total. The molecule has 10 heteroatoms. The van der Waals surface area contributed by atoms with E-state index < -0.39 is 5.82 Å². The van der Waals surface area contributed by atoms with Gasteiger partial charge in [-0.1, -0.05) is 17.3 Å². The summed E-state index contributed by atoms with van der Waals surface area (Å²) in [6, 6.07) is 10.3. The zero-order valence-electron chi connectivity index (χ0n) is 21.5. The smallest absolute Gasteiger partial charge is 0.257 e. The molecule has 5 heterocycles. The number of para-hydroxylation sites is 1. The molecular weight excluding hydrogens is 489 g/mol. The molecule has 1 amide bonds. The maximum Gasteiger partial charge on any atom is 0.257 e. The molecule has 1 unspecified atom stereocenters. The number of methoxy groups -OCH3 is 1. The second-order valence-corrected chi connectivity index (χ2v) is 10.3. The van der Waals surface area contributed by atoms with Crippen molar-refractivity contribution in [3.05, 3.63) is 65.2 Å². The zero-order chi connectivity index (χ0) is 26.1. The Hall–Kier alpha value is -3.66. The predicted molar refractivity (Wildman–Crippen MR) is 137 cm³/mol. The van der Waals surface area contributed by atoms with Gasteiger partial charge in [-0.15, -0.1) is 5.10 Å². The number of piperidine rings is 1. The number of hydrogen-bond donors (Lipinski definition) is 0. The van der Waals surface area contributed by atoms with Crippen LogP contribution in [0.5, 0.6) is 17.2 Å². The Morgan fingerprint density at radius 1 is 1.11 bits per heavy atom. The number of fused-ring (bicyclic) bond motifs is 5. The van der Waals surface area contributed by atoms with Crippen molar-refractivity contribution in [1.82, 2.24) is 24.8 Å². The third-order valence-electron chi connectivity index (χ3n) is 7.68. The van der Waals surface area contributed by atoms with E-state index >= 15 is 0 Å². The van der Waals surface area contributed by atoms with Gasteiger partial charge in [0.2, 0.25) is 0 Å². The SMILES string of the molecule is COc1cccc2c1OCc1cn(nn1)CCCOc1ccc(F)cc1C(=O)N1C[C@H]3CC[C@@H](C1)N(C2)C3. The summed E-state index contributed by atoms with van der Waals surface area (Å²) in [5.41, 5.74) is 2.03. The first-order chi connectivity index (χ1) is 18.6. The number of carbonyl (C=O) groups is 1. The highest BCUT2D eigenvalue weighted by atomic mass is 19.1. The van der Waals surface area contributed by atoms with Crippen LogP contribution in [0, 0.1) is 11.7 Å². The van der Waals surface area contributed by atoms with Gasteiger partial charge in [-0.3, -0.25) is 14.4 Å². The number of benzene rings is 2. The van der Waals surface area contributed by atoms with E-state index in [1.54, 1.807) is 17.9 Å². The monoisotopic (exact) mass is 521 g/mol. The average molecular weight is 522 g/mol. The molecule has 1 aromatic heterocycles. The highest BCUT2D eigenvalue weighted by Gasteiger charge is 2.37. The van der Waals surface area contributed by atoms with Crippen LogP contribution < -0.4 is 14.2 Å². The molecule has 6 bridgehead atoms. The lowest BCUT2D eigenvalue weighted by molar-refractivity contribution is 0.0730. The van der Waals surface area contributed by atoms with Gasteiger partial charge in [0, 0.05) is 50.7 Å². The van der Waals surface area contributed by atoms with Crippen LogP contribution in [0.15, 0.2) is 42.6 Å². The van der Waals surface area contributed by atoms with Crippen LogP contribution in [0.1, 0.15) is 40.9 Å². The lowest BCUT2D eigenvalue weighted by Gasteiger charge is -2.36. The van der Waals surface area contributed by atoms with E-state index in [0.717, 1.165) is 30.6 Å². The lowest BCUT2D eigenvalue weighted by Crippen LogP contribution is -2.44. The lowest BCUT2D eigenvalue weighted by atomic mass is 9.94. The Labute approximate surface area is 221 Å². The fourth-order valence-electron chi connectivity index (χ4n) is 5.80. The van der Waals surface area contributed by atoms with Gasteiger partial charge in [-0.05, 0) is 43.0 Å². The van der Waals surface area contributed by atoms with Gasteiger partial charge in [0.1, 0.15) is 23.9 Å². The van der Waals surface area contributed by atoms with Crippen molar-refractivity contribution in [2.45, 2.75) is 45.0 Å². The largest absolute Gasteiger partial charge is 0.493 e. The van der Waals surface area contributed by atoms with E-state index in [-0.39, 0.29) is 24.1 Å². The van der Waals surface area contributed by atoms with Gasteiger partial charge in [0.15, 0.2) is 11.5 Å². The van der Waals surface area contributed by atoms with Crippen LogP contribution in [-0.4, -0.2) is 70.1 Å². The number of amides is 1. The van der Waals surface area contributed by atoms with E-state index in [0.29, 0.717) is 62.4 Å². The molecule has 9 nitrogen and oxygen atoms in total. The third-order valence-corrected chi connectivity index (χ3v) is 7.68. The van der Waals surface area contributed by atoms with E-state index in [4.69, 9.17) is 14.2 Å². The minimum Gasteiger partial charge on any atom is -0.493 e. The molecule has 38 heavy (non-hydrogen) atoms. The molecule has 200 valence electrons. The number of rotatable bonds is 1. The molecule has 2 aromatic carbocycles. The fourth-order valence-corrected chi connectivity index (χ4v) is 5.80. The van der Waals surface area contributed by atoms with Crippen LogP contribution in [0.2, 0.25) is 0 Å². The topological polar surface area (TPSA) is 81.9 Å². The number of ether oxygens (including phenoxy) is 3. The summed E-state index contributed by atoms with van der Waals surface area (Å²) in [5, 5.41) is 8.46. The van der Waals surface area contributed by atoms with Gasteiger partial charge in [0.05, 0.1) is 25.5 Å². The first-order valence-electron chi connectivity index (χ1n) is 13.2. The summed E-state index contributed by atoms with van der Waals surface area (Å²) in [6.07, 6.45) is 4.57. The minimum absolute atomic E-state index is 0.178. The van der Waals surface area contributed by atoms with Crippen molar-refractivity contribution in [2.75, 3.05) is 33.4 Å². The number of aryl methyl sites for hydroxylation is 1. The molecule has 4 aliphatic rings. The summed E-state index contributed by atoms with van der Waals surface area (Å²) in [7, 11) is 1.64. The Morgan fingerprint density at radius 2 is 2.03 bits per heavy atom. The van der Waals surface area contributed by atoms with Crippen LogP contribution in [0.4, 0.5) is 4.39 Å². The van der Waals surface area contributed by atoms with Crippen LogP contribution in [0.25, 0.3) is 0 Å². The summed E-state index contributed by atoms with van der Waals surface area (Å²) in [5.74, 6) is 1.51. The number of halogens is 1. The average Bonchev–Trinajstić information content (AvgIpc) is 3.18. The quantitative estimate of drug-likeness (QED) is 0.485. The van der Waals surface area contributed by atoms with Gasteiger partial charge >= 0.3 is 0 Å². The highest BCUT2D eigenvalue weighted by Crippen LogP contribution is 2.36. The predicted octanol–water partition coefficient (Wildman–Crippen LogP) is 3.52. The molecule has 0 aliphatic carbocycles. The second-order valence-electron chi connectivity index (χ2n) is 10.3. The van der Waals surface area contributed by atoms with E-state index in [2.05, 4.69) is 21.3 Å². The summed E-state index contributed by atoms with van der Waals surface area (Å²) >= 11 is 0. The normalized spacial score (nSPS) is 23.7. The number of aromatic nitrogens is 3. The molecule has 0 radical (unpaired) electrons. The maximum absolute atomic E-state index is 14.3. The van der Waals surface area contributed by atoms with Crippen molar-refractivity contribution in [3.8, 4) is 17.2 Å². The zero-order valence-corrected chi connectivity index (χ0v) is 21.5. The fraction of sp³-hybridized carbons (Fsp3) is 0.464. The minimum atomic E-state index is -0.445.